The molecular formula is C23H26N4O2S. The highest BCUT2D eigenvalue weighted by molar-refractivity contribution is 7.18. The summed E-state index contributed by atoms with van der Waals surface area (Å²) in [6.07, 6.45) is 2.47. The number of ketones is 1. The molecule has 1 aromatic heterocycles. The number of ether oxygens (including phenoxy) is 1. The van der Waals surface area contributed by atoms with Gasteiger partial charge in [-0.3, -0.25) is 4.79 Å². The second kappa shape index (κ2) is 8.85. The Kier molecular flexibility index (Phi) is 6.01. The van der Waals surface area contributed by atoms with Gasteiger partial charge in [-0.25, -0.2) is 4.98 Å². The van der Waals surface area contributed by atoms with Crippen LogP contribution in [0.3, 0.4) is 0 Å². The normalized spacial score (nSPS) is 16.9. The Morgan fingerprint density at radius 1 is 1.30 bits per heavy atom. The van der Waals surface area contributed by atoms with Crippen molar-refractivity contribution in [2.75, 3.05) is 17.6 Å². The van der Waals surface area contributed by atoms with Crippen LogP contribution < -0.4 is 21.1 Å². The minimum atomic E-state index is -0.111. The molecule has 30 heavy (non-hydrogen) atoms. The van der Waals surface area contributed by atoms with Gasteiger partial charge in [0, 0.05) is 17.3 Å². The molecular weight excluding hydrogens is 396 g/mol. The average Bonchev–Trinajstić information content (AvgIpc) is 3.39. The Labute approximate surface area is 180 Å². The molecule has 1 fully saturated rings. The van der Waals surface area contributed by atoms with Gasteiger partial charge in [0.2, 0.25) is 5.78 Å². The first-order chi connectivity index (χ1) is 14.5. The number of nitrogens with one attached hydrogen (secondary N) is 2. The van der Waals surface area contributed by atoms with Gasteiger partial charge in [0.1, 0.15) is 22.5 Å². The summed E-state index contributed by atoms with van der Waals surface area (Å²) in [5.41, 5.74) is 8.53. The van der Waals surface area contributed by atoms with Gasteiger partial charge in [0.25, 0.3) is 0 Å². The molecule has 0 aliphatic carbocycles. The zero-order valence-corrected chi connectivity index (χ0v) is 18.0. The number of aryl methyl sites for hydroxylation is 1. The molecule has 1 aliphatic heterocycles. The van der Waals surface area contributed by atoms with Crippen LogP contribution in [-0.2, 0) is 0 Å². The van der Waals surface area contributed by atoms with Gasteiger partial charge < -0.3 is 21.1 Å². The highest BCUT2D eigenvalue weighted by Gasteiger charge is 2.22. The summed E-state index contributed by atoms with van der Waals surface area (Å²) in [7, 11) is 0. The summed E-state index contributed by atoms with van der Waals surface area (Å²) in [4.78, 5) is 17.6. The van der Waals surface area contributed by atoms with Gasteiger partial charge in [-0.05, 0) is 63.6 Å². The quantitative estimate of drug-likeness (QED) is 0.485. The van der Waals surface area contributed by atoms with Crippen LogP contribution in [0.15, 0.2) is 48.5 Å². The number of nitrogens with zero attached hydrogens (tertiary/aromatic N) is 1. The summed E-state index contributed by atoms with van der Waals surface area (Å²) in [5.74, 6) is 0.961. The zero-order chi connectivity index (χ0) is 21.1. The maximum atomic E-state index is 12.8. The van der Waals surface area contributed by atoms with E-state index in [1.54, 1.807) is 6.07 Å². The smallest absolute Gasteiger partial charge is 0.206 e. The number of carbonyl (C=O) groups is 1. The second-order valence-electron chi connectivity index (χ2n) is 7.61. The lowest BCUT2D eigenvalue weighted by Gasteiger charge is -2.21. The predicted octanol–water partition coefficient (Wildman–Crippen LogP) is 4.53. The summed E-state index contributed by atoms with van der Waals surface area (Å²) >= 11 is 1.26. The highest BCUT2D eigenvalue weighted by atomic mass is 32.1. The first kappa shape index (κ1) is 20.4. The molecule has 7 heteroatoms. The van der Waals surface area contributed by atoms with Gasteiger partial charge in [0.15, 0.2) is 5.13 Å². The van der Waals surface area contributed by atoms with Crippen LogP contribution in [0.2, 0.25) is 0 Å². The Morgan fingerprint density at radius 3 is 2.80 bits per heavy atom. The maximum absolute atomic E-state index is 12.8. The van der Waals surface area contributed by atoms with Crippen molar-refractivity contribution in [1.82, 2.24) is 10.3 Å². The molecule has 0 bridgehead atoms. The minimum Gasteiger partial charge on any atom is -0.489 e. The summed E-state index contributed by atoms with van der Waals surface area (Å²) in [6, 6.07) is 15.6. The molecule has 2 heterocycles. The fourth-order valence-corrected chi connectivity index (χ4v) is 4.48. The molecule has 3 aromatic rings. The SMILES string of the molecule is Cc1cccc(C(=O)c2sc(Nc3ccc(OC(C)C4CCCN4)cc3)nc2N)c1. The van der Waals surface area contributed by atoms with Gasteiger partial charge in [-0.1, -0.05) is 35.1 Å². The molecule has 0 radical (unpaired) electrons. The van der Waals surface area contributed by atoms with Crippen molar-refractivity contribution in [3.8, 4) is 5.75 Å². The first-order valence-corrected chi connectivity index (χ1v) is 11.0. The number of hydrogen-bond donors (Lipinski definition) is 3. The van der Waals surface area contributed by atoms with E-state index in [9.17, 15) is 4.79 Å². The number of rotatable bonds is 7. The number of thiazole rings is 1. The number of hydrogen-bond acceptors (Lipinski definition) is 7. The molecule has 0 saturated carbocycles. The van der Waals surface area contributed by atoms with Gasteiger partial charge in [-0.2, -0.15) is 0 Å². The third-order valence-electron chi connectivity index (χ3n) is 5.23. The maximum Gasteiger partial charge on any atom is 0.206 e. The van der Waals surface area contributed by atoms with Crippen LogP contribution in [-0.4, -0.2) is 29.5 Å². The third-order valence-corrected chi connectivity index (χ3v) is 6.22. The zero-order valence-electron chi connectivity index (χ0n) is 17.1. The monoisotopic (exact) mass is 422 g/mol. The number of benzene rings is 2. The molecule has 2 atom stereocenters. The number of anilines is 3. The van der Waals surface area contributed by atoms with E-state index in [0.29, 0.717) is 21.6 Å². The van der Waals surface area contributed by atoms with E-state index in [-0.39, 0.29) is 17.7 Å². The highest BCUT2D eigenvalue weighted by Crippen LogP contribution is 2.30. The fourth-order valence-electron chi connectivity index (χ4n) is 3.61. The third kappa shape index (κ3) is 4.63. The van der Waals surface area contributed by atoms with E-state index in [1.807, 2.05) is 49.4 Å². The lowest BCUT2D eigenvalue weighted by Crippen LogP contribution is -2.36. The molecule has 6 nitrogen and oxygen atoms in total. The molecule has 4 rings (SSSR count). The lowest BCUT2D eigenvalue weighted by molar-refractivity contribution is 0.104. The predicted molar refractivity (Wildman–Crippen MR) is 122 cm³/mol. The summed E-state index contributed by atoms with van der Waals surface area (Å²) in [5, 5.41) is 7.28. The Bertz CT molecular complexity index is 1030. The molecule has 2 aromatic carbocycles. The molecule has 156 valence electrons. The molecule has 1 saturated heterocycles. The molecule has 1 aliphatic rings. The molecule has 2 unspecified atom stereocenters. The first-order valence-electron chi connectivity index (χ1n) is 10.1. The van der Waals surface area contributed by atoms with Gasteiger partial charge in [0.05, 0.1) is 0 Å². The van der Waals surface area contributed by atoms with Crippen molar-refractivity contribution in [3.05, 3.63) is 64.5 Å². The van der Waals surface area contributed by atoms with E-state index < -0.39 is 0 Å². The van der Waals surface area contributed by atoms with E-state index in [2.05, 4.69) is 22.5 Å². The van der Waals surface area contributed by atoms with Crippen LogP contribution in [0.25, 0.3) is 0 Å². The van der Waals surface area contributed by atoms with Gasteiger partial charge in [-0.15, -0.1) is 0 Å². The van der Waals surface area contributed by atoms with E-state index in [0.717, 1.165) is 30.0 Å². The van der Waals surface area contributed by atoms with Crippen molar-refractivity contribution in [2.45, 2.75) is 38.8 Å². The van der Waals surface area contributed by atoms with Crippen molar-refractivity contribution in [1.29, 1.82) is 0 Å². The van der Waals surface area contributed by atoms with E-state index in [4.69, 9.17) is 10.5 Å². The largest absolute Gasteiger partial charge is 0.489 e. The van der Waals surface area contributed by atoms with E-state index in [1.165, 1.54) is 17.8 Å². The van der Waals surface area contributed by atoms with Crippen LogP contribution in [0, 0.1) is 6.92 Å². The number of nitrogen functional groups attached to an aromatic ring is 1. The van der Waals surface area contributed by atoms with Gasteiger partial charge >= 0.3 is 0 Å². The average molecular weight is 423 g/mol. The number of aromatic nitrogens is 1. The topological polar surface area (TPSA) is 89.3 Å². The Hall–Kier alpha value is -2.90. The molecule has 4 N–H and O–H groups in total. The summed E-state index contributed by atoms with van der Waals surface area (Å²) < 4.78 is 6.05. The Balaban J connectivity index is 1.42. The second-order valence-corrected chi connectivity index (χ2v) is 8.61. The molecule has 0 spiro atoms. The Morgan fingerprint density at radius 2 is 2.10 bits per heavy atom. The van der Waals surface area contributed by atoms with Crippen LogP contribution in [0.5, 0.6) is 5.75 Å². The van der Waals surface area contributed by atoms with E-state index >= 15 is 0 Å². The minimum absolute atomic E-state index is 0.111. The number of carbonyl (C=O) groups excluding carboxylic acids is 1. The van der Waals surface area contributed by atoms with Crippen LogP contribution >= 0.6 is 11.3 Å². The van der Waals surface area contributed by atoms with Crippen molar-refractivity contribution in [2.24, 2.45) is 0 Å². The lowest BCUT2D eigenvalue weighted by atomic mass is 10.1. The molecule has 0 amide bonds. The van der Waals surface area contributed by atoms with Crippen molar-refractivity contribution >= 4 is 33.8 Å². The number of nitrogens with two attached hydrogens (primary N) is 1. The van der Waals surface area contributed by atoms with Crippen LogP contribution in [0.4, 0.5) is 16.6 Å². The van der Waals surface area contributed by atoms with Crippen molar-refractivity contribution < 1.29 is 9.53 Å². The fraction of sp³-hybridized carbons (Fsp3) is 0.304. The van der Waals surface area contributed by atoms with Crippen LogP contribution in [0.1, 0.15) is 40.6 Å². The van der Waals surface area contributed by atoms with Crippen molar-refractivity contribution in [3.63, 3.8) is 0 Å². The summed E-state index contributed by atoms with van der Waals surface area (Å²) in [6.45, 7) is 5.12. The standard InChI is InChI=1S/C23H26N4O2S/c1-14-5-3-6-16(13-14)20(28)21-22(24)27-23(30-21)26-17-8-10-18(11-9-17)29-15(2)19-7-4-12-25-19/h3,5-6,8-11,13,15,19,25H,4,7,12,24H2,1-2H3,(H,26,27).